The average molecular weight is 425 g/mol. The molecule has 0 aliphatic rings. The maximum absolute atomic E-state index is 12.7. The molecule has 0 saturated heterocycles. The van der Waals surface area contributed by atoms with Gasteiger partial charge in [-0.15, -0.1) is 0 Å². The first-order valence-corrected chi connectivity index (χ1v) is 10.1. The molecule has 0 unspecified atom stereocenters. The summed E-state index contributed by atoms with van der Waals surface area (Å²) in [4.78, 5) is 4.31. The molecule has 2 aromatic carbocycles. The van der Waals surface area contributed by atoms with Gasteiger partial charge in [-0.2, -0.15) is 21.6 Å². The zero-order valence-electron chi connectivity index (χ0n) is 15.7. The molecular weight excluding hydrogens is 407 g/mol. The largest absolute Gasteiger partial charge is 0.441 e. The summed E-state index contributed by atoms with van der Waals surface area (Å²) in [6.45, 7) is 3.35. The molecule has 0 amide bonds. The second kappa shape index (κ2) is 8.00. The molecule has 29 heavy (non-hydrogen) atoms. The Kier molecular flexibility index (Phi) is 5.81. The monoisotopic (exact) mass is 425 g/mol. The lowest BCUT2D eigenvalue weighted by Crippen LogP contribution is -2.09. The van der Waals surface area contributed by atoms with Crippen LogP contribution in [0.4, 0.5) is 13.2 Å². The van der Waals surface area contributed by atoms with E-state index in [0.29, 0.717) is 17.0 Å². The van der Waals surface area contributed by atoms with Crippen molar-refractivity contribution in [3.63, 3.8) is 0 Å². The normalized spacial score (nSPS) is 12.3. The summed E-state index contributed by atoms with van der Waals surface area (Å²) in [5, 5.41) is 0. The summed E-state index contributed by atoms with van der Waals surface area (Å²) in [5.74, 6) is 0.601. The highest BCUT2D eigenvalue weighted by atomic mass is 32.2. The van der Waals surface area contributed by atoms with Gasteiger partial charge in [-0.1, -0.05) is 17.7 Å². The van der Waals surface area contributed by atoms with Crippen LogP contribution in [0.3, 0.4) is 0 Å². The highest BCUT2D eigenvalue weighted by Crippen LogP contribution is 2.31. The lowest BCUT2D eigenvalue weighted by molar-refractivity contribution is -0.137. The first-order chi connectivity index (χ1) is 13.6. The highest BCUT2D eigenvalue weighted by Gasteiger charge is 2.30. The summed E-state index contributed by atoms with van der Waals surface area (Å²) in [5.41, 5.74) is 1.02. The van der Waals surface area contributed by atoms with Crippen LogP contribution in [-0.4, -0.2) is 20.0 Å². The zero-order chi connectivity index (χ0) is 21.2. The van der Waals surface area contributed by atoms with Gasteiger partial charge in [0, 0.05) is 12.0 Å². The standard InChI is InChI=1S/C20H18F3NO4S/c1-13-3-9-17(10-4-13)29(25,26)27-12-11-18-14(2)28-19(24-18)15-5-7-16(8-6-15)20(21,22)23/h3-10H,11-12H2,1-2H3. The zero-order valence-corrected chi connectivity index (χ0v) is 16.5. The Hall–Kier alpha value is -2.65. The molecule has 0 aliphatic carbocycles. The van der Waals surface area contributed by atoms with Gasteiger partial charge in [0.05, 0.1) is 22.8 Å². The van der Waals surface area contributed by atoms with Gasteiger partial charge in [-0.25, -0.2) is 4.98 Å². The lowest BCUT2D eigenvalue weighted by Gasteiger charge is -2.06. The molecule has 3 aromatic rings. The van der Waals surface area contributed by atoms with Gasteiger partial charge in [0.15, 0.2) is 0 Å². The first kappa shape index (κ1) is 21.1. The van der Waals surface area contributed by atoms with E-state index >= 15 is 0 Å². The van der Waals surface area contributed by atoms with Crippen LogP contribution in [0.1, 0.15) is 22.6 Å². The molecule has 0 saturated carbocycles. The second-order valence-electron chi connectivity index (χ2n) is 6.44. The molecule has 9 heteroatoms. The van der Waals surface area contributed by atoms with Gasteiger partial charge < -0.3 is 4.42 Å². The third-order valence-corrected chi connectivity index (χ3v) is 5.57. The molecule has 3 rings (SSSR count). The van der Waals surface area contributed by atoms with Gasteiger partial charge in [-0.3, -0.25) is 4.18 Å². The van der Waals surface area contributed by atoms with Gasteiger partial charge in [0.1, 0.15) is 5.76 Å². The Morgan fingerprint density at radius 3 is 2.21 bits per heavy atom. The minimum Gasteiger partial charge on any atom is -0.441 e. The van der Waals surface area contributed by atoms with Crippen LogP contribution in [0, 0.1) is 13.8 Å². The van der Waals surface area contributed by atoms with Crippen molar-refractivity contribution in [1.82, 2.24) is 4.98 Å². The Morgan fingerprint density at radius 2 is 1.62 bits per heavy atom. The molecule has 1 aromatic heterocycles. The van der Waals surface area contributed by atoms with Crippen LogP contribution in [-0.2, 0) is 26.9 Å². The fraction of sp³-hybridized carbons (Fsp3) is 0.250. The van der Waals surface area contributed by atoms with Crippen LogP contribution in [0.2, 0.25) is 0 Å². The SMILES string of the molecule is Cc1ccc(S(=O)(=O)OCCc2nc(-c3ccc(C(F)(F)F)cc3)oc2C)cc1. The quantitative estimate of drug-likeness (QED) is 0.524. The Morgan fingerprint density at radius 1 is 1.00 bits per heavy atom. The molecule has 0 atom stereocenters. The summed E-state index contributed by atoms with van der Waals surface area (Å²) in [7, 11) is -3.89. The van der Waals surface area contributed by atoms with Gasteiger partial charge in [0.25, 0.3) is 10.1 Å². The number of aromatic nitrogens is 1. The van der Waals surface area contributed by atoms with Crippen molar-refractivity contribution in [3.05, 3.63) is 71.1 Å². The fourth-order valence-corrected chi connectivity index (χ4v) is 3.51. The predicted octanol–water partition coefficient (Wildman–Crippen LogP) is 4.93. The van der Waals surface area contributed by atoms with Crippen molar-refractivity contribution in [2.24, 2.45) is 0 Å². The molecule has 0 spiro atoms. The molecular formula is C20H18F3NO4S. The van der Waals surface area contributed by atoms with E-state index in [1.165, 1.54) is 24.3 Å². The van der Waals surface area contributed by atoms with Gasteiger partial charge in [0.2, 0.25) is 5.89 Å². The number of aryl methyl sites for hydroxylation is 2. The van der Waals surface area contributed by atoms with E-state index < -0.39 is 21.9 Å². The molecule has 1 heterocycles. The van der Waals surface area contributed by atoms with Crippen molar-refractivity contribution in [2.75, 3.05) is 6.61 Å². The third kappa shape index (κ3) is 5.04. The van der Waals surface area contributed by atoms with Gasteiger partial charge in [-0.05, 0) is 50.2 Å². The predicted molar refractivity (Wildman–Crippen MR) is 99.7 cm³/mol. The maximum Gasteiger partial charge on any atom is 0.416 e. The number of nitrogens with zero attached hydrogens (tertiary/aromatic N) is 1. The van der Waals surface area contributed by atoms with E-state index in [-0.39, 0.29) is 23.8 Å². The molecule has 0 N–H and O–H groups in total. The highest BCUT2D eigenvalue weighted by molar-refractivity contribution is 7.86. The minimum atomic E-state index is -4.42. The first-order valence-electron chi connectivity index (χ1n) is 8.66. The van der Waals surface area contributed by atoms with Crippen molar-refractivity contribution in [3.8, 4) is 11.5 Å². The smallest absolute Gasteiger partial charge is 0.416 e. The average Bonchev–Trinajstić information content (AvgIpc) is 3.02. The molecule has 154 valence electrons. The molecule has 0 radical (unpaired) electrons. The number of alkyl halides is 3. The van der Waals surface area contributed by atoms with Crippen molar-refractivity contribution in [2.45, 2.75) is 31.3 Å². The Bertz CT molecular complexity index is 1090. The summed E-state index contributed by atoms with van der Waals surface area (Å²) < 4.78 is 73.0. The molecule has 0 aliphatic heterocycles. The van der Waals surface area contributed by atoms with Crippen LogP contribution in [0.5, 0.6) is 0 Å². The topological polar surface area (TPSA) is 69.4 Å². The number of benzene rings is 2. The number of hydrogen-bond acceptors (Lipinski definition) is 5. The van der Waals surface area contributed by atoms with Crippen LogP contribution < -0.4 is 0 Å². The number of rotatable bonds is 6. The van der Waals surface area contributed by atoms with E-state index in [1.807, 2.05) is 6.92 Å². The van der Waals surface area contributed by atoms with Crippen molar-refractivity contribution >= 4 is 10.1 Å². The van der Waals surface area contributed by atoms with E-state index in [1.54, 1.807) is 19.1 Å². The lowest BCUT2D eigenvalue weighted by atomic mass is 10.1. The van der Waals surface area contributed by atoms with Crippen LogP contribution >= 0.6 is 0 Å². The summed E-state index contributed by atoms with van der Waals surface area (Å²) in [6.07, 6.45) is -4.25. The van der Waals surface area contributed by atoms with Crippen molar-refractivity contribution < 1.29 is 30.2 Å². The van der Waals surface area contributed by atoms with Crippen molar-refractivity contribution in [1.29, 1.82) is 0 Å². The number of halogens is 3. The summed E-state index contributed by atoms with van der Waals surface area (Å²) in [6, 6.07) is 10.7. The summed E-state index contributed by atoms with van der Waals surface area (Å²) >= 11 is 0. The maximum atomic E-state index is 12.7. The van der Waals surface area contributed by atoms with Gasteiger partial charge >= 0.3 is 6.18 Å². The Balaban J connectivity index is 1.67. The third-order valence-electron chi connectivity index (χ3n) is 4.24. The van der Waals surface area contributed by atoms with E-state index in [9.17, 15) is 21.6 Å². The second-order valence-corrected chi connectivity index (χ2v) is 8.05. The van der Waals surface area contributed by atoms with E-state index in [2.05, 4.69) is 4.98 Å². The minimum absolute atomic E-state index is 0.0606. The Labute approximate surface area is 166 Å². The molecule has 0 bridgehead atoms. The van der Waals surface area contributed by atoms with Crippen LogP contribution in [0.25, 0.3) is 11.5 Å². The molecule has 5 nitrogen and oxygen atoms in total. The van der Waals surface area contributed by atoms with Crippen LogP contribution in [0.15, 0.2) is 57.8 Å². The number of oxazole rings is 1. The fourth-order valence-electron chi connectivity index (χ4n) is 2.61. The number of hydrogen-bond donors (Lipinski definition) is 0. The molecule has 0 fully saturated rings. The van der Waals surface area contributed by atoms with E-state index in [0.717, 1.165) is 17.7 Å². The van der Waals surface area contributed by atoms with E-state index in [4.69, 9.17) is 8.60 Å².